The van der Waals surface area contributed by atoms with Crippen LogP contribution in [0.15, 0.2) is 51.5 Å². The highest BCUT2D eigenvalue weighted by Gasteiger charge is 2.30. The number of carbonyl (C=O) groups is 1. The quantitative estimate of drug-likeness (QED) is 0.531. The van der Waals surface area contributed by atoms with Crippen LogP contribution < -0.4 is 0 Å². The zero-order valence-corrected chi connectivity index (χ0v) is 15.5. The van der Waals surface area contributed by atoms with Gasteiger partial charge in [0.1, 0.15) is 5.82 Å². The maximum atomic E-state index is 14.0. The van der Waals surface area contributed by atoms with Gasteiger partial charge in [0.25, 0.3) is 17.7 Å². The van der Waals surface area contributed by atoms with E-state index in [2.05, 4.69) is 15.3 Å². The Kier molecular flexibility index (Phi) is 4.01. The van der Waals surface area contributed by atoms with E-state index in [0.29, 0.717) is 31.0 Å². The number of benzene rings is 1. The van der Waals surface area contributed by atoms with Crippen LogP contribution in [0.4, 0.5) is 4.39 Å². The molecule has 0 bridgehead atoms. The van der Waals surface area contributed by atoms with Crippen molar-refractivity contribution in [2.75, 3.05) is 6.54 Å². The molecule has 0 spiro atoms. The SMILES string of the molecule is Cn1nc(-c2nnc(-c3ccccc3F)o2)c2c1CCN(C(=O)c1ccco1)C2. The molecule has 0 fully saturated rings. The smallest absolute Gasteiger partial charge is 0.289 e. The summed E-state index contributed by atoms with van der Waals surface area (Å²) in [6.45, 7) is 0.894. The minimum atomic E-state index is -0.444. The van der Waals surface area contributed by atoms with Crippen LogP contribution in [0.5, 0.6) is 0 Å². The highest BCUT2D eigenvalue weighted by atomic mass is 19.1. The first-order chi connectivity index (χ1) is 14.1. The van der Waals surface area contributed by atoms with Gasteiger partial charge in [-0.3, -0.25) is 9.48 Å². The van der Waals surface area contributed by atoms with Gasteiger partial charge in [-0.15, -0.1) is 10.2 Å². The van der Waals surface area contributed by atoms with Gasteiger partial charge in [0.15, 0.2) is 11.5 Å². The van der Waals surface area contributed by atoms with Crippen LogP contribution >= 0.6 is 0 Å². The first kappa shape index (κ1) is 17.4. The molecule has 4 aromatic rings. The molecule has 0 N–H and O–H groups in total. The van der Waals surface area contributed by atoms with Crippen LogP contribution in [-0.4, -0.2) is 37.3 Å². The van der Waals surface area contributed by atoms with Gasteiger partial charge in [-0.2, -0.15) is 5.10 Å². The molecule has 0 unspecified atom stereocenters. The Bertz CT molecular complexity index is 1190. The summed E-state index contributed by atoms with van der Waals surface area (Å²) in [5.74, 6) is -0.0725. The average molecular weight is 393 g/mol. The Hall–Kier alpha value is -3.75. The van der Waals surface area contributed by atoms with Crippen molar-refractivity contribution in [2.45, 2.75) is 13.0 Å². The minimum Gasteiger partial charge on any atom is -0.459 e. The average Bonchev–Trinajstić information content (AvgIpc) is 3.48. The molecular weight excluding hydrogens is 377 g/mol. The molecule has 4 heterocycles. The first-order valence-electron chi connectivity index (χ1n) is 9.08. The van der Waals surface area contributed by atoms with E-state index < -0.39 is 5.82 Å². The van der Waals surface area contributed by atoms with Gasteiger partial charge in [0, 0.05) is 31.3 Å². The molecule has 146 valence electrons. The second kappa shape index (κ2) is 6.69. The minimum absolute atomic E-state index is 0.0804. The standard InChI is InChI=1S/C20H16FN5O3/c1-25-15-8-9-26(20(27)16-7-4-10-28-16)11-13(15)17(24-25)19-23-22-18(29-19)12-5-2-3-6-14(12)21/h2-7,10H,8-9,11H2,1H3. The number of rotatable bonds is 3. The van der Waals surface area contributed by atoms with Gasteiger partial charge in [0.05, 0.1) is 18.4 Å². The third-order valence-corrected chi connectivity index (χ3v) is 4.99. The Morgan fingerprint density at radius 1 is 1.14 bits per heavy atom. The summed E-state index contributed by atoms with van der Waals surface area (Å²) < 4.78 is 26.8. The van der Waals surface area contributed by atoms with Gasteiger partial charge in [-0.1, -0.05) is 12.1 Å². The number of halogens is 1. The van der Waals surface area contributed by atoms with E-state index in [9.17, 15) is 9.18 Å². The molecule has 8 nitrogen and oxygen atoms in total. The fourth-order valence-corrected chi connectivity index (χ4v) is 3.56. The van der Waals surface area contributed by atoms with Crippen molar-refractivity contribution < 1.29 is 18.0 Å². The molecule has 1 aliphatic heterocycles. The lowest BCUT2D eigenvalue weighted by molar-refractivity contribution is 0.0701. The number of furan rings is 1. The van der Waals surface area contributed by atoms with Gasteiger partial charge < -0.3 is 13.7 Å². The number of aromatic nitrogens is 4. The molecule has 1 aliphatic rings. The van der Waals surface area contributed by atoms with Gasteiger partial charge in [-0.25, -0.2) is 4.39 Å². The lowest BCUT2D eigenvalue weighted by atomic mass is 10.0. The fourth-order valence-electron chi connectivity index (χ4n) is 3.56. The van der Waals surface area contributed by atoms with Crippen molar-refractivity contribution >= 4 is 5.91 Å². The van der Waals surface area contributed by atoms with E-state index in [1.54, 1.807) is 39.9 Å². The van der Waals surface area contributed by atoms with Crippen molar-refractivity contribution in [1.82, 2.24) is 24.9 Å². The van der Waals surface area contributed by atoms with E-state index >= 15 is 0 Å². The largest absolute Gasteiger partial charge is 0.459 e. The molecule has 0 atom stereocenters. The van der Waals surface area contributed by atoms with Crippen molar-refractivity contribution in [2.24, 2.45) is 7.05 Å². The van der Waals surface area contributed by atoms with Gasteiger partial charge in [0.2, 0.25) is 0 Å². The number of carbonyl (C=O) groups excluding carboxylic acids is 1. The predicted molar refractivity (Wildman–Crippen MR) is 99.0 cm³/mol. The summed E-state index contributed by atoms with van der Waals surface area (Å²) in [4.78, 5) is 14.4. The molecule has 0 saturated carbocycles. The Morgan fingerprint density at radius 2 is 1.97 bits per heavy atom. The zero-order valence-electron chi connectivity index (χ0n) is 15.5. The summed E-state index contributed by atoms with van der Waals surface area (Å²) in [6.07, 6.45) is 2.11. The van der Waals surface area contributed by atoms with Crippen LogP contribution in [0.1, 0.15) is 21.8 Å². The lowest BCUT2D eigenvalue weighted by Crippen LogP contribution is -2.36. The number of hydrogen-bond acceptors (Lipinski definition) is 6. The van der Waals surface area contributed by atoms with Gasteiger partial charge in [-0.05, 0) is 24.3 Å². The lowest BCUT2D eigenvalue weighted by Gasteiger charge is -2.26. The first-order valence-corrected chi connectivity index (χ1v) is 9.08. The maximum Gasteiger partial charge on any atom is 0.289 e. The Morgan fingerprint density at radius 3 is 2.76 bits per heavy atom. The topological polar surface area (TPSA) is 90.2 Å². The molecule has 0 saturated heterocycles. The third-order valence-electron chi connectivity index (χ3n) is 4.99. The van der Waals surface area contributed by atoms with E-state index in [-0.39, 0.29) is 23.3 Å². The number of aryl methyl sites for hydroxylation is 1. The second-order valence-electron chi connectivity index (χ2n) is 6.74. The van der Waals surface area contributed by atoms with Crippen LogP contribution in [0.3, 0.4) is 0 Å². The number of amides is 1. The molecular formula is C20H16FN5O3. The second-order valence-corrected chi connectivity index (χ2v) is 6.74. The Balaban J connectivity index is 1.49. The number of fused-ring (bicyclic) bond motifs is 1. The summed E-state index contributed by atoms with van der Waals surface area (Å²) >= 11 is 0. The van der Waals surface area contributed by atoms with E-state index in [1.165, 1.54) is 12.3 Å². The molecule has 0 aliphatic carbocycles. The van der Waals surface area contributed by atoms with Gasteiger partial charge >= 0.3 is 0 Å². The summed E-state index contributed by atoms with van der Waals surface area (Å²) in [5, 5.41) is 12.6. The fraction of sp³-hybridized carbons (Fsp3) is 0.200. The van der Waals surface area contributed by atoms with E-state index in [0.717, 1.165) is 11.3 Å². The third kappa shape index (κ3) is 2.91. The van der Waals surface area contributed by atoms with Crippen molar-refractivity contribution in [1.29, 1.82) is 0 Å². The van der Waals surface area contributed by atoms with Crippen LogP contribution in [0.25, 0.3) is 23.0 Å². The predicted octanol–water partition coefficient (Wildman–Crippen LogP) is 3.07. The van der Waals surface area contributed by atoms with E-state index in [4.69, 9.17) is 8.83 Å². The van der Waals surface area contributed by atoms with Crippen molar-refractivity contribution in [3.05, 3.63) is 65.5 Å². The summed E-state index contributed by atoms with van der Waals surface area (Å²) in [5.41, 5.74) is 2.55. The normalized spacial score (nSPS) is 13.5. The highest BCUT2D eigenvalue weighted by Crippen LogP contribution is 2.31. The molecule has 0 radical (unpaired) electrons. The monoisotopic (exact) mass is 393 g/mol. The molecule has 29 heavy (non-hydrogen) atoms. The van der Waals surface area contributed by atoms with E-state index in [1.807, 2.05) is 7.05 Å². The molecule has 9 heteroatoms. The van der Waals surface area contributed by atoms with Crippen LogP contribution in [-0.2, 0) is 20.0 Å². The van der Waals surface area contributed by atoms with Crippen molar-refractivity contribution in [3.63, 3.8) is 0 Å². The number of nitrogens with zero attached hydrogens (tertiary/aromatic N) is 5. The number of hydrogen-bond donors (Lipinski definition) is 0. The molecule has 3 aromatic heterocycles. The van der Waals surface area contributed by atoms with Crippen molar-refractivity contribution in [3.8, 4) is 23.0 Å². The van der Waals surface area contributed by atoms with Crippen LogP contribution in [0, 0.1) is 5.82 Å². The maximum absolute atomic E-state index is 14.0. The summed E-state index contributed by atoms with van der Waals surface area (Å²) in [6, 6.07) is 9.52. The molecule has 1 aromatic carbocycles. The summed E-state index contributed by atoms with van der Waals surface area (Å²) in [7, 11) is 1.83. The highest BCUT2D eigenvalue weighted by molar-refractivity contribution is 5.91. The Labute approximate surface area is 164 Å². The molecule has 1 amide bonds. The molecule has 5 rings (SSSR count). The van der Waals surface area contributed by atoms with Crippen LogP contribution in [0.2, 0.25) is 0 Å². The zero-order chi connectivity index (χ0) is 20.0.